The van der Waals surface area contributed by atoms with Gasteiger partial charge in [-0.3, -0.25) is 4.79 Å². The first-order valence-corrected chi connectivity index (χ1v) is 7.02. The van der Waals surface area contributed by atoms with E-state index in [1.165, 1.54) is 25.1 Å². The van der Waals surface area contributed by atoms with Gasteiger partial charge >= 0.3 is 5.97 Å². The molecule has 0 fully saturated rings. The van der Waals surface area contributed by atoms with Crippen molar-refractivity contribution < 1.29 is 19.1 Å². The van der Waals surface area contributed by atoms with E-state index in [2.05, 4.69) is 0 Å². The first-order chi connectivity index (χ1) is 9.88. The zero-order chi connectivity index (χ0) is 15.6. The molecule has 0 saturated carbocycles. The molecule has 0 aliphatic carbocycles. The number of benzene rings is 2. The summed E-state index contributed by atoms with van der Waals surface area (Å²) in [5, 5.41) is 9.09. The molecule has 5 heteroatoms. The van der Waals surface area contributed by atoms with Crippen LogP contribution in [0.15, 0.2) is 46.2 Å². The second-order valence-corrected chi connectivity index (χ2v) is 5.70. The molecule has 2 aromatic rings. The lowest BCUT2D eigenvalue weighted by molar-refractivity contribution is 0.0695. The lowest BCUT2D eigenvalue weighted by atomic mass is 10.1. The monoisotopic (exact) mass is 304 g/mol. The van der Waals surface area contributed by atoms with Gasteiger partial charge < -0.3 is 5.11 Å². The Labute approximate surface area is 125 Å². The summed E-state index contributed by atoms with van der Waals surface area (Å²) in [7, 11) is 0. The standard InChI is InChI=1S/C16H13FO3S/c1-9-3-5-12(8-13(9)16(19)20)21-15-6-4-11(10(2)18)7-14(15)17/h3-8H,1-2H3,(H,19,20). The highest BCUT2D eigenvalue weighted by Gasteiger charge is 2.11. The van der Waals surface area contributed by atoms with Gasteiger partial charge in [-0.1, -0.05) is 23.9 Å². The van der Waals surface area contributed by atoms with Crippen LogP contribution in [0.5, 0.6) is 0 Å². The maximum Gasteiger partial charge on any atom is 0.335 e. The molecular weight excluding hydrogens is 291 g/mol. The Bertz CT molecular complexity index is 725. The number of carbonyl (C=O) groups excluding carboxylic acids is 1. The Kier molecular flexibility index (Phi) is 4.43. The van der Waals surface area contributed by atoms with Gasteiger partial charge in [0, 0.05) is 15.4 Å². The normalized spacial score (nSPS) is 10.4. The second kappa shape index (κ2) is 6.10. The van der Waals surface area contributed by atoms with Gasteiger partial charge in [-0.2, -0.15) is 0 Å². The van der Waals surface area contributed by atoms with Crippen LogP contribution in [0, 0.1) is 12.7 Å². The molecule has 21 heavy (non-hydrogen) atoms. The van der Waals surface area contributed by atoms with Crippen molar-refractivity contribution in [2.45, 2.75) is 23.6 Å². The van der Waals surface area contributed by atoms with Crippen LogP contribution in [0.4, 0.5) is 4.39 Å². The highest BCUT2D eigenvalue weighted by molar-refractivity contribution is 7.99. The molecule has 0 unspecified atom stereocenters. The summed E-state index contributed by atoms with van der Waals surface area (Å²) < 4.78 is 13.9. The number of rotatable bonds is 4. The summed E-state index contributed by atoms with van der Waals surface area (Å²) >= 11 is 1.13. The number of carboxylic acid groups (broad SMARTS) is 1. The predicted octanol–water partition coefficient (Wildman–Crippen LogP) is 4.19. The van der Waals surface area contributed by atoms with Gasteiger partial charge in [0.15, 0.2) is 5.78 Å². The van der Waals surface area contributed by atoms with Crippen LogP contribution in [0.1, 0.15) is 33.2 Å². The zero-order valence-electron chi connectivity index (χ0n) is 11.5. The molecular formula is C16H13FO3S. The van der Waals surface area contributed by atoms with Gasteiger partial charge in [-0.15, -0.1) is 0 Å². The van der Waals surface area contributed by atoms with E-state index in [1.54, 1.807) is 25.1 Å². The topological polar surface area (TPSA) is 54.4 Å². The molecule has 0 aliphatic rings. The first kappa shape index (κ1) is 15.3. The van der Waals surface area contributed by atoms with Crippen LogP contribution >= 0.6 is 11.8 Å². The van der Waals surface area contributed by atoms with E-state index < -0.39 is 11.8 Å². The van der Waals surface area contributed by atoms with Crippen LogP contribution in [0.3, 0.4) is 0 Å². The molecule has 2 rings (SSSR count). The van der Waals surface area contributed by atoms with Crippen molar-refractivity contribution in [2.24, 2.45) is 0 Å². The summed E-state index contributed by atoms with van der Waals surface area (Å²) in [6.45, 7) is 3.08. The van der Waals surface area contributed by atoms with Gasteiger partial charge in [-0.25, -0.2) is 9.18 Å². The van der Waals surface area contributed by atoms with Crippen LogP contribution in [0.2, 0.25) is 0 Å². The van der Waals surface area contributed by atoms with Crippen LogP contribution in [-0.2, 0) is 0 Å². The molecule has 0 amide bonds. The number of ketones is 1. The van der Waals surface area contributed by atoms with E-state index in [9.17, 15) is 14.0 Å². The molecule has 0 spiro atoms. The minimum absolute atomic E-state index is 0.195. The third kappa shape index (κ3) is 3.49. The van der Waals surface area contributed by atoms with Gasteiger partial charge in [-0.05, 0) is 43.7 Å². The van der Waals surface area contributed by atoms with E-state index in [1.807, 2.05) is 0 Å². The van der Waals surface area contributed by atoms with Gasteiger partial charge in [0.2, 0.25) is 0 Å². The van der Waals surface area contributed by atoms with Crippen LogP contribution in [-0.4, -0.2) is 16.9 Å². The lowest BCUT2D eigenvalue weighted by Crippen LogP contribution is -1.99. The minimum Gasteiger partial charge on any atom is -0.478 e. The molecule has 0 atom stereocenters. The lowest BCUT2D eigenvalue weighted by Gasteiger charge is -2.07. The second-order valence-electron chi connectivity index (χ2n) is 4.59. The van der Waals surface area contributed by atoms with Gasteiger partial charge in [0.1, 0.15) is 5.82 Å². The Balaban J connectivity index is 2.32. The van der Waals surface area contributed by atoms with E-state index in [0.717, 1.165) is 11.8 Å². The van der Waals surface area contributed by atoms with Crippen molar-refractivity contribution in [3.05, 3.63) is 58.9 Å². The molecule has 0 aromatic heterocycles. The molecule has 2 aromatic carbocycles. The summed E-state index contributed by atoms with van der Waals surface area (Å²) in [6.07, 6.45) is 0. The average Bonchev–Trinajstić information content (AvgIpc) is 2.42. The van der Waals surface area contributed by atoms with Crippen LogP contribution < -0.4 is 0 Å². The fourth-order valence-electron chi connectivity index (χ4n) is 1.82. The number of carboxylic acids is 1. The number of hydrogen-bond acceptors (Lipinski definition) is 3. The smallest absolute Gasteiger partial charge is 0.335 e. The number of aromatic carboxylic acids is 1. The maximum absolute atomic E-state index is 13.9. The van der Waals surface area contributed by atoms with E-state index in [4.69, 9.17) is 5.11 Å². The fraction of sp³-hybridized carbons (Fsp3) is 0.125. The van der Waals surface area contributed by atoms with Crippen molar-refractivity contribution in [2.75, 3.05) is 0 Å². The summed E-state index contributed by atoms with van der Waals surface area (Å²) in [5.41, 5.74) is 1.16. The van der Waals surface area contributed by atoms with Crippen molar-refractivity contribution >= 4 is 23.5 Å². The molecule has 1 N–H and O–H groups in total. The summed E-state index contributed by atoms with van der Waals surface area (Å²) in [4.78, 5) is 23.3. The van der Waals surface area contributed by atoms with Gasteiger partial charge in [0.05, 0.1) is 5.56 Å². The minimum atomic E-state index is -1.01. The zero-order valence-corrected chi connectivity index (χ0v) is 12.3. The largest absolute Gasteiger partial charge is 0.478 e. The summed E-state index contributed by atoms with van der Waals surface area (Å²) in [5.74, 6) is -1.71. The molecule has 108 valence electrons. The van der Waals surface area contributed by atoms with Gasteiger partial charge in [0.25, 0.3) is 0 Å². The number of aryl methyl sites for hydroxylation is 1. The third-order valence-corrected chi connectivity index (χ3v) is 4.05. The van der Waals surface area contributed by atoms with E-state index >= 15 is 0 Å². The molecule has 0 aliphatic heterocycles. The Morgan fingerprint density at radius 1 is 1.14 bits per heavy atom. The first-order valence-electron chi connectivity index (χ1n) is 6.21. The van der Waals surface area contributed by atoms with E-state index in [-0.39, 0.29) is 11.3 Å². The van der Waals surface area contributed by atoms with Crippen molar-refractivity contribution in [3.63, 3.8) is 0 Å². The number of halogens is 1. The van der Waals surface area contributed by atoms with E-state index in [0.29, 0.717) is 20.9 Å². The fourth-order valence-corrected chi connectivity index (χ4v) is 2.68. The van der Waals surface area contributed by atoms with Crippen molar-refractivity contribution in [1.82, 2.24) is 0 Å². The molecule has 0 heterocycles. The third-order valence-electron chi connectivity index (χ3n) is 3.01. The van der Waals surface area contributed by atoms with Crippen LogP contribution in [0.25, 0.3) is 0 Å². The SMILES string of the molecule is CC(=O)c1ccc(Sc2ccc(C)c(C(=O)O)c2)c(F)c1. The average molecular weight is 304 g/mol. The Morgan fingerprint density at radius 2 is 1.86 bits per heavy atom. The Hall–Kier alpha value is -2.14. The van der Waals surface area contributed by atoms with Crippen molar-refractivity contribution in [3.8, 4) is 0 Å². The highest BCUT2D eigenvalue weighted by atomic mass is 32.2. The number of hydrogen-bond donors (Lipinski definition) is 1. The summed E-state index contributed by atoms with van der Waals surface area (Å²) in [6, 6.07) is 9.22. The predicted molar refractivity (Wildman–Crippen MR) is 78.7 cm³/mol. The van der Waals surface area contributed by atoms with Crippen molar-refractivity contribution in [1.29, 1.82) is 0 Å². The Morgan fingerprint density at radius 3 is 2.43 bits per heavy atom. The number of Topliss-reactive ketones (excluding diaryl/α,β-unsaturated/α-hetero) is 1. The maximum atomic E-state index is 13.9. The molecule has 0 saturated heterocycles. The molecule has 3 nitrogen and oxygen atoms in total. The quantitative estimate of drug-likeness (QED) is 0.861. The molecule has 0 radical (unpaired) electrons. The highest BCUT2D eigenvalue weighted by Crippen LogP contribution is 2.31. The number of carbonyl (C=O) groups is 2. The molecule has 0 bridgehead atoms.